The molecule has 28 heavy (non-hydrogen) atoms. The van der Waals surface area contributed by atoms with Gasteiger partial charge in [0.25, 0.3) is 0 Å². The average molecular weight is 376 g/mol. The number of hydrogen-bond donors (Lipinski definition) is 1. The van der Waals surface area contributed by atoms with Crippen molar-refractivity contribution in [3.8, 4) is 0 Å². The molecule has 2 heterocycles. The second kappa shape index (κ2) is 6.71. The monoisotopic (exact) mass is 376 g/mol. The average Bonchev–Trinajstić information content (AvgIpc) is 3.17. The summed E-state index contributed by atoms with van der Waals surface area (Å²) in [5, 5.41) is 7.68. The zero-order valence-corrected chi connectivity index (χ0v) is 15.1. The molecule has 1 atom stereocenters. The van der Waals surface area contributed by atoms with E-state index < -0.39 is 0 Å². The molecule has 1 aliphatic carbocycles. The maximum atomic E-state index is 14.7. The molecule has 0 spiro atoms. The Balaban J connectivity index is 1.68. The quantitative estimate of drug-likeness (QED) is 0.677. The maximum absolute atomic E-state index is 14.7. The van der Waals surface area contributed by atoms with E-state index in [-0.39, 0.29) is 17.7 Å². The van der Waals surface area contributed by atoms with Gasteiger partial charge in [-0.15, -0.1) is 0 Å². The number of benzene rings is 2. The maximum Gasteiger partial charge on any atom is 0.226 e. The lowest BCUT2D eigenvalue weighted by Crippen LogP contribution is -2.28. The largest absolute Gasteiger partial charge is 0.324 e. The van der Waals surface area contributed by atoms with Gasteiger partial charge in [-0.2, -0.15) is 10.1 Å². The number of fused-ring (bicyclic) bond motifs is 1. The summed E-state index contributed by atoms with van der Waals surface area (Å²) >= 11 is 0. The predicted octanol–water partition coefficient (Wildman–Crippen LogP) is 5.09. The van der Waals surface area contributed by atoms with Gasteiger partial charge in [0, 0.05) is 16.8 Å². The summed E-state index contributed by atoms with van der Waals surface area (Å²) in [6.07, 6.45) is 5.89. The summed E-state index contributed by atoms with van der Waals surface area (Å²) in [4.78, 5) is 4.30. The molecule has 2 aromatic carbocycles. The molecular formula is C22H18F2N4. The SMILES string of the molecule is Fc1ccccc1/C=C1\CCCC2=C1Nc1ncnn1[C@H]2c1ccccc1F. The highest BCUT2D eigenvalue weighted by atomic mass is 19.1. The third-order valence-corrected chi connectivity index (χ3v) is 5.35. The summed E-state index contributed by atoms with van der Waals surface area (Å²) in [6.45, 7) is 0. The second-order valence-electron chi connectivity index (χ2n) is 7.02. The third-order valence-electron chi connectivity index (χ3n) is 5.35. The molecule has 0 radical (unpaired) electrons. The van der Waals surface area contributed by atoms with Crippen LogP contribution in [0.25, 0.3) is 6.08 Å². The van der Waals surface area contributed by atoms with Gasteiger partial charge in [0.05, 0.1) is 0 Å². The first-order valence-corrected chi connectivity index (χ1v) is 9.32. The number of aromatic nitrogens is 3. The number of nitrogens with one attached hydrogen (secondary N) is 1. The Labute approximate surface area is 161 Å². The molecule has 6 heteroatoms. The van der Waals surface area contributed by atoms with Crippen LogP contribution in [0.4, 0.5) is 14.7 Å². The van der Waals surface area contributed by atoms with Crippen LogP contribution in [0.1, 0.15) is 36.4 Å². The molecule has 0 bridgehead atoms. The summed E-state index contributed by atoms with van der Waals surface area (Å²) in [6, 6.07) is 13.1. The predicted molar refractivity (Wildman–Crippen MR) is 103 cm³/mol. The normalized spacial score (nSPS) is 19.9. The molecule has 0 saturated heterocycles. The van der Waals surface area contributed by atoms with Gasteiger partial charge in [0.15, 0.2) is 0 Å². The lowest BCUT2D eigenvalue weighted by molar-refractivity contribution is 0.507. The fourth-order valence-corrected chi connectivity index (χ4v) is 4.09. The standard InChI is InChI=1S/C22H18F2N4/c23-18-10-3-1-6-14(18)12-15-7-5-9-17-20(15)27-22-25-13-26-28(22)21(17)16-8-2-4-11-19(16)24/h1-4,6,8,10-13,21H,5,7,9H2,(H,25,26,27)/b15-12+/t21-/m0/s1. The fourth-order valence-electron chi connectivity index (χ4n) is 4.09. The van der Waals surface area contributed by atoms with Gasteiger partial charge in [-0.3, -0.25) is 0 Å². The van der Waals surface area contributed by atoms with Crippen molar-refractivity contribution in [2.45, 2.75) is 25.3 Å². The van der Waals surface area contributed by atoms with E-state index in [2.05, 4.69) is 15.4 Å². The molecule has 3 aromatic rings. The summed E-state index contributed by atoms with van der Waals surface area (Å²) in [7, 11) is 0. The van der Waals surface area contributed by atoms with Gasteiger partial charge < -0.3 is 5.32 Å². The molecule has 0 amide bonds. The minimum absolute atomic E-state index is 0.257. The first-order valence-electron chi connectivity index (χ1n) is 9.32. The Bertz CT molecular complexity index is 1110. The number of nitrogens with zero attached hydrogens (tertiary/aromatic N) is 3. The van der Waals surface area contributed by atoms with Gasteiger partial charge >= 0.3 is 0 Å². The van der Waals surface area contributed by atoms with E-state index in [4.69, 9.17) is 0 Å². The van der Waals surface area contributed by atoms with Gasteiger partial charge in [-0.1, -0.05) is 36.4 Å². The Hall–Kier alpha value is -3.28. The number of halogens is 2. The minimum atomic E-state index is -0.362. The van der Waals surface area contributed by atoms with Crippen molar-refractivity contribution >= 4 is 12.0 Å². The lowest BCUT2D eigenvalue weighted by Gasteiger charge is -2.34. The van der Waals surface area contributed by atoms with Gasteiger partial charge in [0.1, 0.15) is 24.0 Å². The van der Waals surface area contributed by atoms with E-state index in [1.165, 1.54) is 18.5 Å². The molecule has 140 valence electrons. The highest BCUT2D eigenvalue weighted by molar-refractivity contribution is 5.65. The van der Waals surface area contributed by atoms with Crippen LogP contribution in [0.5, 0.6) is 0 Å². The highest BCUT2D eigenvalue weighted by Crippen LogP contribution is 2.44. The summed E-state index contributed by atoms with van der Waals surface area (Å²) in [5.74, 6) is 0.0357. The van der Waals surface area contributed by atoms with E-state index in [0.717, 1.165) is 36.1 Å². The Morgan fingerprint density at radius 2 is 1.79 bits per heavy atom. The smallest absolute Gasteiger partial charge is 0.226 e. The van der Waals surface area contributed by atoms with Crippen molar-refractivity contribution in [2.24, 2.45) is 0 Å². The van der Waals surface area contributed by atoms with Crippen molar-refractivity contribution in [1.82, 2.24) is 14.8 Å². The van der Waals surface area contributed by atoms with Gasteiger partial charge in [-0.05, 0) is 48.6 Å². The van der Waals surface area contributed by atoms with Crippen molar-refractivity contribution in [2.75, 3.05) is 5.32 Å². The Kier molecular flexibility index (Phi) is 4.04. The first-order chi connectivity index (χ1) is 13.7. The van der Waals surface area contributed by atoms with Crippen molar-refractivity contribution < 1.29 is 8.78 Å². The molecule has 1 aromatic heterocycles. The molecule has 1 N–H and O–H groups in total. The Morgan fingerprint density at radius 3 is 2.61 bits per heavy atom. The summed E-state index contributed by atoms with van der Waals surface area (Å²) in [5.41, 5.74) is 4.07. The molecule has 2 aliphatic rings. The lowest BCUT2D eigenvalue weighted by atomic mass is 9.83. The Morgan fingerprint density at radius 1 is 1.00 bits per heavy atom. The molecule has 1 aliphatic heterocycles. The summed E-state index contributed by atoms with van der Waals surface area (Å²) < 4.78 is 30.6. The van der Waals surface area contributed by atoms with Crippen LogP contribution in [0, 0.1) is 11.6 Å². The molecule has 4 nitrogen and oxygen atoms in total. The topological polar surface area (TPSA) is 42.7 Å². The van der Waals surface area contributed by atoms with Gasteiger partial charge in [-0.25, -0.2) is 13.5 Å². The molecule has 5 rings (SSSR count). The van der Waals surface area contributed by atoms with E-state index in [1.807, 2.05) is 18.2 Å². The molecule has 0 saturated carbocycles. The second-order valence-corrected chi connectivity index (χ2v) is 7.02. The van der Waals surface area contributed by atoms with Gasteiger partial charge in [0.2, 0.25) is 5.95 Å². The van der Waals surface area contributed by atoms with Crippen LogP contribution in [0.3, 0.4) is 0 Å². The van der Waals surface area contributed by atoms with Crippen molar-refractivity contribution in [1.29, 1.82) is 0 Å². The van der Waals surface area contributed by atoms with Crippen LogP contribution < -0.4 is 5.32 Å². The van der Waals surface area contributed by atoms with Crippen LogP contribution in [0.15, 0.2) is 71.7 Å². The number of hydrogen-bond acceptors (Lipinski definition) is 3. The van der Waals surface area contributed by atoms with Crippen LogP contribution in [-0.4, -0.2) is 14.8 Å². The molecular weight excluding hydrogens is 358 g/mol. The van der Waals surface area contributed by atoms with Crippen molar-refractivity contribution in [3.63, 3.8) is 0 Å². The van der Waals surface area contributed by atoms with E-state index in [1.54, 1.807) is 28.9 Å². The van der Waals surface area contributed by atoms with Crippen LogP contribution in [0.2, 0.25) is 0 Å². The zero-order valence-electron chi connectivity index (χ0n) is 15.1. The van der Waals surface area contributed by atoms with Crippen molar-refractivity contribution in [3.05, 3.63) is 94.5 Å². The first kappa shape index (κ1) is 16.9. The van der Waals surface area contributed by atoms with Crippen LogP contribution in [-0.2, 0) is 0 Å². The number of allylic oxidation sites excluding steroid dienone is 2. The van der Waals surface area contributed by atoms with E-state index in [0.29, 0.717) is 17.1 Å². The zero-order chi connectivity index (χ0) is 19.1. The van der Waals surface area contributed by atoms with E-state index >= 15 is 0 Å². The number of anilines is 1. The molecule has 0 unspecified atom stereocenters. The number of rotatable bonds is 2. The fraction of sp³-hybridized carbons (Fsp3) is 0.182. The highest BCUT2D eigenvalue weighted by Gasteiger charge is 2.34. The van der Waals surface area contributed by atoms with Crippen LogP contribution >= 0.6 is 0 Å². The van der Waals surface area contributed by atoms with E-state index in [9.17, 15) is 8.78 Å². The minimum Gasteiger partial charge on any atom is -0.324 e. The third kappa shape index (κ3) is 2.72. The molecule has 0 fully saturated rings.